The van der Waals surface area contributed by atoms with Crippen LogP contribution < -0.4 is 16.0 Å². The van der Waals surface area contributed by atoms with E-state index in [-0.39, 0.29) is 56.7 Å². The third kappa shape index (κ3) is 15.1. The van der Waals surface area contributed by atoms with Gasteiger partial charge in [-0.15, -0.1) is 0 Å². The van der Waals surface area contributed by atoms with Crippen molar-refractivity contribution >= 4 is 17.7 Å². The molecule has 0 saturated carbocycles. The van der Waals surface area contributed by atoms with Crippen LogP contribution in [-0.4, -0.2) is 110 Å². The lowest BCUT2D eigenvalue weighted by atomic mass is 10.1. The van der Waals surface area contributed by atoms with Crippen molar-refractivity contribution in [1.29, 1.82) is 0 Å². The predicted octanol–water partition coefficient (Wildman–Crippen LogP) is -3.37. The topological polar surface area (TPSA) is 187 Å². The summed E-state index contributed by atoms with van der Waals surface area (Å²) in [7, 11) is 1.52. The molecule has 0 unspecified atom stereocenters. The summed E-state index contributed by atoms with van der Waals surface area (Å²) in [5.41, 5.74) is 0. The smallest absolute Gasteiger partial charge is 0.245 e. The highest BCUT2D eigenvalue weighted by atomic mass is 16.5. The minimum atomic E-state index is -1.49. The van der Waals surface area contributed by atoms with Gasteiger partial charge < -0.3 is 45.9 Å². The lowest BCUT2D eigenvalue weighted by molar-refractivity contribution is -0.126. The minimum absolute atomic E-state index is 0.0152. The van der Waals surface area contributed by atoms with Crippen LogP contribution in [0.2, 0.25) is 0 Å². The zero-order chi connectivity index (χ0) is 22.8. The molecule has 0 spiro atoms. The Labute approximate surface area is 175 Å². The highest BCUT2D eigenvalue weighted by Gasteiger charge is 2.23. The van der Waals surface area contributed by atoms with Gasteiger partial charge in [0.2, 0.25) is 17.7 Å². The molecule has 30 heavy (non-hydrogen) atoms. The van der Waals surface area contributed by atoms with E-state index in [0.29, 0.717) is 26.2 Å². The molecule has 12 nitrogen and oxygen atoms in total. The molecule has 7 N–H and O–H groups in total. The van der Waals surface area contributed by atoms with E-state index >= 15 is 0 Å². The van der Waals surface area contributed by atoms with Crippen molar-refractivity contribution in [3.8, 4) is 0 Å². The number of amides is 3. The molecule has 0 rings (SSSR count). The molecule has 0 bridgehead atoms. The molecule has 0 aliphatic rings. The van der Waals surface area contributed by atoms with Crippen molar-refractivity contribution in [2.45, 2.75) is 44.0 Å². The van der Waals surface area contributed by atoms with Crippen LogP contribution >= 0.6 is 0 Å². The number of rotatable bonds is 18. The van der Waals surface area contributed by atoms with Gasteiger partial charge in [0.15, 0.2) is 0 Å². The molecular formula is C18H35N3O9. The van der Waals surface area contributed by atoms with Gasteiger partial charge in [0.05, 0.1) is 32.5 Å². The second-order valence-corrected chi connectivity index (χ2v) is 6.49. The van der Waals surface area contributed by atoms with Crippen molar-refractivity contribution in [3.63, 3.8) is 0 Å². The first-order valence-corrected chi connectivity index (χ1v) is 9.86. The van der Waals surface area contributed by atoms with Gasteiger partial charge >= 0.3 is 0 Å². The molecule has 3 atom stereocenters. The van der Waals surface area contributed by atoms with Crippen LogP contribution in [0.4, 0.5) is 0 Å². The minimum Gasteiger partial charge on any atom is -0.394 e. The summed E-state index contributed by atoms with van der Waals surface area (Å²) >= 11 is 0. The maximum absolute atomic E-state index is 11.7. The fourth-order valence-electron chi connectivity index (χ4n) is 2.20. The third-order valence-corrected chi connectivity index (χ3v) is 4.00. The average molecular weight is 437 g/mol. The molecule has 12 heteroatoms. The van der Waals surface area contributed by atoms with Crippen molar-refractivity contribution in [2.75, 3.05) is 53.2 Å². The predicted molar refractivity (Wildman–Crippen MR) is 105 cm³/mol. The number of carbonyl (C=O) groups excluding carboxylic acids is 3. The summed E-state index contributed by atoms with van der Waals surface area (Å²) in [5.74, 6) is -0.726. The zero-order valence-corrected chi connectivity index (χ0v) is 17.3. The van der Waals surface area contributed by atoms with Gasteiger partial charge in [0.1, 0.15) is 18.8 Å². The Kier molecular flexibility index (Phi) is 16.9. The monoisotopic (exact) mass is 437 g/mol. The summed E-state index contributed by atoms with van der Waals surface area (Å²) in [6.45, 7) is 0.582. The van der Waals surface area contributed by atoms with E-state index in [1.54, 1.807) is 0 Å². The summed E-state index contributed by atoms with van der Waals surface area (Å²) in [4.78, 5) is 34.2. The molecule has 0 saturated heterocycles. The summed E-state index contributed by atoms with van der Waals surface area (Å²) in [5, 5.41) is 44.6. The first-order chi connectivity index (χ1) is 14.3. The van der Waals surface area contributed by atoms with E-state index in [1.807, 2.05) is 0 Å². The molecule has 3 amide bonds. The number of hydrogen-bond acceptors (Lipinski definition) is 9. The van der Waals surface area contributed by atoms with Gasteiger partial charge in [-0.3, -0.25) is 14.4 Å². The molecular weight excluding hydrogens is 402 g/mol. The summed E-state index contributed by atoms with van der Waals surface area (Å²) in [6.07, 6.45) is -3.54. The number of ether oxygens (including phenoxy) is 2. The van der Waals surface area contributed by atoms with E-state index in [9.17, 15) is 29.7 Å². The Hall–Kier alpha value is -1.83. The van der Waals surface area contributed by atoms with Crippen LogP contribution in [0.15, 0.2) is 0 Å². The van der Waals surface area contributed by atoms with Crippen LogP contribution in [0.25, 0.3) is 0 Å². The van der Waals surface area contributed by atoms with Crippen LogP contribution in [0.5, 0.6) is 0 Å². The molecule has 0 aliphatic carbocycles. The molecule has 0 radical (unpaired) electrons. The number of nitrogens with one attached hydrogen (secondary N) is 3. The van der Waals surface area contributed by atoms with Crippen molar-refractivity contribution < 1.29 is 44.3 Å². The molecule has 0 fully saturated rings. The van der Waals surface area contributed by atoms with E-state index in [1.165, 1.54) is 7.05 Å². The fourth-order valence-corrected chi connectivity index (χ4v) is 2.20. The quantitative estimate of drug-likeness (QED) is 0.107. The van der Waals surface area contributed by atoms with Crippen molar-refractivity contribution in [3.05, 3.63) is 0 Å². The Morgan fingerprint density at radius 3 is 2.03 bits per heavy atom. The third-order valence-electron chi connectivity index (χ3n) is 4.00. The van der Waals surface area contributed by atoms with Gasteiger partial charge in [0.25, 0.3) is 0 Å². The molecule has 176 valence electrons. The number of carbonyl (C=O) groups is 3. The van der Waals surface area contributed by atoms with Gasteiger partial charge in [-0.1, -0.05) is 0 Å². The van der Waals surface area contributed by atoms with Crippen molar-refractivity contribution in [2.24, 2.45) is 0 Å². The number of aliphatic hydroxyl groups is 4. The van der Waals surface area contributed by atoms with Crippen LogP contribution in [0, 0.1) is 0 Å². The van der Waals surface area contributed by atoms with Crippen LogP contribution in [0.3, 0.4) is 0 Å². The lowest BCUT2D eigenvalue weighted by Crippen LogP contribution is -2.41. The van der Waals surface area contributed by atoms with E-state index in [4.69, 9.17) is 14.6 Å². The number of hydrogen-bond donors (Lipinski definition) is 7. The first kappa shape index (κ1) is 28.2. The molecule has 0 aromatic heterocycles. The highest BCUT2D eigenvalue weighted by Crippen LogP contribution is 2.03. The molecule has 0 aliphatic heterocycles. The van der Waals surface area contributed by atoms with E-state index in [0.717, 1.165) is 0 Å². The van der Waals surface area contributed by atoms with E-state index in [2.05, 4.69) is 16.0 Å². The van der Waals surface area contributed by atoms with E-state index < -0.39 is 24.9 Å². The zero-order valence-electron chi connectivity index (χ0n) is 17.3. The second kappa shape index (κ2) is 18.0. The SMILES string of the molecule is CNC(=O)COCCOCCNC(=O)CCCC(=O)NCC[C@@H](O)[C@H](O)[C@H](O)CO. The summed E-state index contributed by atoms with van der Waals surface area (Å²) < 4.78 is 10.3. The Morgan fingerprint density at radius 1 is 0.833 bits per heavy atom. The largest absolute Gasteiger partial charge is 0.394 e. The number of likely N-dealkylation sites (N-methyl/N-ethyl adjacent to an activating group) is 1. The van der Waals surface area contributed by atoms with Gasteiger partial charge in [-0.25, -0.2) is 0 Å². The maximum Gasteiger partial charge on any atom is 0.245 e. The van der Waals surface area contributed by atoms with Gasteiger partial charge in [-0.2, -0.15) is 0 Å². The molecule has 0 aromatic rings. The van der Waals surface area contributed by atoms with Gasteiger partial charge in [0, 0.05) is 33.0 Å². The highest BCUT2D eigenvalue weighted by molar-refractivity contribution is 5.78. The molecule has 0 aromatic carbocycles. The average Bonchev–Trinajstić information content (AvgIpc) is 2.73. The maximum atomic E-state index is 11.7. The normalized spacial score (nSPS) is 13.9. The lowest BCUT2D eigenvalue weighted by Gasteiger charge is -2.21. The van der Waals surface area contributed by atoms with Crippen molar-refractivity contribution in [1.82, 2.24) is 16.0 Å². The standard InChI is InChI=1S/C18H35N3O9/c1-19-17(27)12-30-10-9-29-8-7-21-16(26)4-2-3-15(25)20-6-5-13(23)18(28)14(24)11-22/h13-14,18,22-24,28H,2-12H2,1H3,(H,19,27)(H,20,25)(H,21,26)/t13-,14-,18+/m1/s1. The Balaban J connectivity index is 3.59. The fraction of sp³-hybridized carbons (Fsp3) is 0.833. The van der Waals surface area contributed by atoms with Gasteiger partial charge in [-0.05, 0) is 12.8 Å². The molecule has 0 heterocycles. The summed E-state index contributed by atoms with van der Waals surface area (Å²) in [6, 6.07) is 0. The Bertz CT molecular complexity index is 494. The number of aliphatic hydroxyl groups excluding tert-OH is 4. The van der Waals surface area contributed by atoms with Crippen LogP contribution in [0.1, 0.15) is 25.7 Å². The van der Waals surface area contributed by atoms with Crippen LogP contribution in [-0.2, 0) is 23.9 Å². The second-order valence-electron chi connectivity index (χ2n) is 6.49. The first-order valence-electron chi connectivity index (χ1n) is 9.86. The Morgan fingerprint density at radius 2 is 1.43 bits per heavy atom.